The van der Waals surface area contributed by atoms with Gasteiger partial charge in [0.15, 0.2) is 5.82 Å². The molecular weight excluding hydrogens is 266 g/mol. The van der Waals surface area contributed by atoms with Crippen LogP contribution in [0.25, 0.3) is 0 Å². The number of hydrogen-bond acceptors (Lipinski definition) is 3. The summed E-state index contributed by atoms with van der Waals surface area (Å²) < 4.78 is 29.0. The number of aromatic nitrogens is 2. The third-order valence-electron chi connectivity index (χ3n) is 2.77. The van der Waals surface area contributed by atoms with Crippen molar-refractivity contribution < 1.29 is 13.6 Å². The maximum absolute atomic E-state index is 13.7. The summed E-state index contributed by atoms with van der Waals surface area (Å²) >= 11 is 0. The van der Waals surface area contributed by atoms with E-state index >= 15 is 0 Å². The molecule has 1 aromatic heterocycles. The molecule has 2 aromatic rings. The lowest BCUT2D eigenvalue weighted by Gasteiger charge is -2.15. The van der Waals surface area contributed by atoms with Crippen LogP contribution in [0.2, 0.25) is 0 Å². The number of anilines is 1. The van der Waals surface area contributed by atoms with Crippen molar-refractivity contribution in [3.63, 3.8) is 0 Å². The Labute approximate surface area is 114 Å². The number of amides is 1. The molecule has 7 heteroatoms. The number of nitrogens with zero attached hydrogens (tertiary/aromatic N) is 2. The fourth-order valence-electron chi connectivity index (χ4n) is 1.83. The minimum absolute atomic E-state index is 0.265. The monoisotopic (exact) mass is 280 g/mol. The molecule has 0 fully saturated rings. The maximum atomic E-state index is 13.7. The lowest BCUT2D eigenvalue weighted by atomic mass is 10.1. The highest BCUT2D eigenvalue weighted by Gasteiger charge is 2.20. The van der Waals surface area contributed by atoms with Crippen LogP contribution < -0.4 is 11.1 Å². The Morgan fingerprint density at radius 2 is 2.25 bits per heavy atom. The molecule has 1 amide bonds. The quantitative estimate of drug-likeness (QED) is 0.835. The largest absolute Gasteiger partial charge is 0.396 e. The van der Waals surface area contributed by atoms with Gasteiger partial charge in [-0.05, 0) is 19.1 Å². The van der Waals surface area contributed by atoms with Crippen molar-refractivity contribution in [2.45, 2.75) is 19.5 Å². The van der Waals surface area contributed by atoms with Crippen LogP contribution in [0, 0.1) is 11.6 Å². The van der Waals surface area contributed by atoms with Crippen molar-refractivity contribution in [3.05, 3.63) is 48.1 Å². The highest BCUT2D eigenvalue weighted by atomic mass is 19.1. The van der Waals surface area contributed by atoms with E-state index in [1.807, 2.05) is 0 Å². The first-order chi connectivity index (χ1) is 9.49. The molecule has 1 heterocycles. The van der Waals surface area contributed by atoms with Crippen molar-refractivity contribution in [3.8, 4) is 0 Å². The number of rotatable bonds is 4. The van der Waals surface area contributed by atoms with Crippen molar-refractivity contribution in [1.82, 2.24) is 14.9 Å². The van der Waals surface area contributed by atoms with E-state index in [9.17, 15) is 13.6 Å². The molecule has 1 unspecified atom stereocenters. The summed E-state index contributed by atoms with van der Waals surface area (Å²) in [6, 6.07) is 1.72. The van der Waals surface area contributed by atoms with Crippen LogP contribution in [0.5, 0.6) is 0 Å². The first kappa shape index (κ1) is 14.0. The second-order valence-electron chi connectivity index (χ2n) is 4.46. The van der Waals surface area contributed by atoms with Crippen molar-refractivity contribution >= 4 is 11.6 Å². The normalized spacial score (nSPS) is 12.2. The molecule has 0 aliphatic heterocycles. The summed E-state index contributed by atoms with van der Waals surface area (Å²) in [5, 5.41) is 2.52. The molecule has 0 radical (unpaired) electrons. The average Bonchev–Trinajstić information content (AvgIpc) is 2.87. The topological polar surface area (TPSA) is 72.9 Å². The highest BCUT2D eigenvalue weighted by molar-refractivity contribution is 5.95. The number of carbonyl (C=O) groups excluding carboxylic acids is 1. The first-order valence-corrected chi connectivity index (χ1v) is 5.99. The Kier molecular flexibility index (Phi) is 3.97. The van der Waals surface area contributed by atoms with Gasteiger partial charge in [-0.1, -0.05) is 0 Å². The molecule has 106 valence electrons. The molecule has 0 spiro atoms. The summed E-state index contributed by atoms with van der Waals surface area (Å²) in [4.78, 5) is 15.8. The van der Waals surface area contributed by atoms with E-state index in [4.69, 9.17) is 5.73 Å². The van der Waals surface area contributed by atoms with E-state index in [0.29, 0.717) is 6.54 Å². The van der Waals surface area contributed by atoms with Crippen LogP contribution in [0.1, 0.15) is 17.3 Å². The summed E-state index contributed by atoms with van der Waals surface area (Å²) in [7, 11) is 0. The summed E-state index contributed by atoms with van der Waals surface area (Å²) in [5.41, 5.74) is 4.40. The summed E-state index contributed by atoms with van der Waals surface area (Å²) in [5.74, 6) is -2.82. The number of nitrogens with two attached hydrogens (primary N) is 1. The molecule has 20 heavy (non-hydrogen) atoms. The second-order valence-corrected chi connectivity index (χ2v) is 4.46. The predicted octanol–water partition coefficient (Wildman–Crippen LogP) is 1.56. The zero-order chi connectivity index (χ0) is 14.7. The molecular formula is C13H14F2N4O. The Morgan fingerprint density at radius 1 is 1.50 bits per heavy atom. The summed E-state index contributed by atoms with van der Waals surface area (Å²) in [6.07, 6.45) is 4.92. The second kappa shape index (κ2) is 5.68. The summed E-state index contributed by atoms with van der Waals surface area (Å²) in [6.45, 7) is 2.16. The molecule has 0 bridgehead atoms. The molecule has 0 aliphatic carbocycles. The Morgan fingerprint density at radius 3 is 2.90 bits per heavy atom. The average molecular weight is 280 g/mol. The molecule has 2 rings (SSSR count). The van der Waals surface area contributed by atoms with Gasteiger partial charge in [-0.25, -0.2) is 13.8 Å². The standard InChI is InChI=1S/C13H14F2N4O/c1-8(6-19-5-4-17-7-19)18-13(20)11-9(14)2-3-10(16)12(11)15/h2-5,7-8H,6,16H2,1H3,(H,18,20). The number of nitrogens with one attached hydrogen (secondary N) is 1. The molecule has 5 nitrogen and oxygen atoms in total. The number of imidazole rings is 1. The van der Waals surface area contributed by atoms with E-state index in [0.717, 1.165) is 12.1 Å². The van der Waals surface area contributed by atoms with Crippen molar-refractivity contribution in [2.24, 2.45) is 0 Å². The van der Waals surface area contributed by atoms with E-state index in [1.165, 1.54) is 0 Å². The van der Waals surface area contributed by atoms with Gasteiger partial charge in [-0.15, -0.1) is 0 Å². The smallest absolute Gasteiger partial charge is 0.257 e. The van der Waals surface area contributed by atoms with Crippen LogP contribution in [0.4, 0.5) is 14.5 Å². The Bertz CT molecular complexity index is 613. The number of halogens is 2. The van der Waals surface area contributed by atoms with Crippen LogP contribution >= 0.6 is 0 Å². The van der Waals surface area contributed by atoms with Crippen molar-refractivity contribution in [2.75, 3.05) is 5.73 Å². The lowest BCUT2D eigenvalue weighted by molar-refractivity contribution is 0.0928. The van der Waals surface area contributed by atoms with Crippen molar-refractivity contribution in [1.29, 1.82) is 0 Å². The van der Waals surface area contributed by atoms with Gasteiger partial charge in [0, 0.05) is 25.0 Å². The van der Waals surface area contributed by atoms with Crippen LogP contribution in [0.15, 0.2) is 30.9 Å². The van der Waals surface area contributed by atoms with Gasteiger partial charge in [-0.2, -0.15) is 0 Å². The van der Waals surface area contributed by atoms with Gasteiger partial charge in [0.25, 0.3) is 5.91 Å². The Balaban J connectivity index is 2.10. The van der Waals surface area contributed by atoms with Gasteiger partial charge in [0.05, 0.1) is 12.0 Å². The molecule has 1 atom stereocenters. The molecule has 3 N–H and O–H groups in total. The Hall–Kier alpha value is -2.44. The van der Waals surface area contributed by atoms with Gasteiger partial charge < -0.3 is 15.6 Å². The third kappa shape index (κ3) is 2.93. The molecule has 0 saturated carbocycles. The first-order valence-electron chi connectivity index (χ1n) is 5.99. The fraction of sp³-hybridized carbons (Fsp3) is 0.231. The minimum atomic E-state index is -1.04. The van der Waals surface area contributed by atoms with E-state index in [-0.39, 0.29) is 11.7 Å². The van der Waals surface area contributed by atoms with Crippen LogP contribution in [-0.2, 0) is 6.54 Å². The fourth-order valence-corrected chi connectivity index (χ4v) is 1.83. The lowest BCUT2D eigenvalue weighted by Crippen LogP contribution is -2.36. The number of carbonyl (C=O) groups is 1. The van der Waals surface area contributed by atoms with Gasteiger partial charge in [0.1, 0.15) is 11.4 Å². The SMILES string of the molecule is CC(Cn1ccnc1)NC(=O)c1c(F)ccc(N)c1F. The van der Waals surface area contributed by atoms with E-state index in [2.05, 4.69) is 10.3 Å². The van der Waals surface area contributed by atoms with Gasteiger partial charge >= 0.3 is 0 Å². The molecule has 0 saturated heterocycles. The maximum Gasteiger partial charge on any atom is 0.257 e. The zero-order valence-corrected chi connectivity index (χ0v) is 10.8. The number of hydrogen-bond donors (Lipinski definition) is 2. The van der Waals surface area contributed by atoms with E-state index < -0.39 is 23.1 Å². The molecule has 0 aliphatic rings. The van der Waals surface area contributed by atoms with Crippen LogP contribution in [-0.4, -0.2) is 21.5 Å². The zero-order valence-electron chi connectivity index (χ0n) is 10.8. The minimum Gasteiger partial charge on any atom is -0.396 e. The van der Waals surface area contributed by atoms with Gasteiger partial charge in [0.2, 0.25) is 0 Å². The number of benzene rings is 1. The van der Waals surface area contributed by atoms with E-state index in [1.54, 1.807) is 30.2 Å². The molecule has 1 aromatic carbocycles. The highest BCUT2D eigenvalue weighted by Crippen LogP contribution is 2.18. The third-order valence-corrected chi connectivity index (χ3v) is 2.77. The predicted molar refractivity (Wildman–Crippen MR) is 69.9 cm³/mol. The van der Waals surface area contributed by atoms with Crippen LogP contribution in [0.3, 0.4) is 0 Å². The van der Waals surface area contributed by atoms with Gasteiger partial charge in [-0.3, -0.25) is 4.79 Å². The number of nitrogen functional groups attached to an aromatic ring is 1.